The summed E-state index contributed by atoms with van der Waals surface area (Å²) in [5, 5.41) is 14.1. The number of halogens is 4. The Morgan fingerprint density at radius 2 is 1.90 bits per heavy atom. The highest BCUT2D eigenvalue weighted by molar-refractivity contribution is 7.91. The molecule has 4 amide bonds. The van der Waals surface area contributed by atoms with Crippen molar-refractivity contribution in [3.63, 3.8) is 0 Å². The number of alkyl halides is 3. The molecule has 4 aliphatic rings. The van der Waals surface area contributed by atoms with E-state index in [2.05, 4.69) is 20.0 Å². The summed E-state index contributed by atoms with van der Waals surface area (Å²) < 4.78 is 80.2. The van der Waals surface area contributed by atoms with Crippen molar-refractivity contribution in [2.75, 3.05) is 6.54 Å². The van der Waals surface area contributed by atoms with Crippen molar-refractivity contribution in [3.05, 3.63) is 47.8 Å². The highest BCUT2D eigenvalue weighted by Gasteiger charge is 2.64. The minimum Gasteiger partial charge on any atom is -0.472 e. The van der Waals surface area contributed by atoms with Gasteiger partial charge in [0.25, 0.3) is 5.91 Å². The summed E-state index contributed by atoms with van der Waals surface area (Å²) in [5.74, 6) is -4.34. The zero-order chi connectivity index (χ0) is 43.7. The third-order valence-electron chi connectivity index (χ3n) is 12.9. The molecule has 3 N–H and O–H groups in total. The van der Waals surface area contributed by atoms with Crippen molar-refractivity contribution in [1.82, 2.24) is 34.2 Å². The molecule has 0 radical (unpaired) electrons. The number of hydrogen-bond acceptors (Lipinski definition) is 9. The van der Waals surface area contributed by atoms with E-state index >= 15 is 4.79 Å². The second-order valence-electron chi connectivity index (χ2n) is 17.5. The monoisotopic (exact) mass is 879 g/mol. The highest BCUT2D eigenvalue weighted by Crippen LogP contribution is 2.48. The van der Waals surface area contributed by atoms with Gasteiger partial charge in [0.2, 0.25) is 33.5 Å². The lowest BCUT2D eigenvalue weighted by molar-refractivity contribution is -0.222. The van der Waals surface area contributed by atoms with Crippen LogP contribution in [0, 0.1) is 17.8 Å². The molecule has 326 valence electrons. The van der Waals surface area contributed by atoms with Gasteiger partial charge >= 0.3 is 12.3 Å². The molecule has 7 rings (SSSR count). The Morgan fingerprint density at radius 1 is 1.18 bits per heavy atom. The maximum Gasteiger partial charge on any atom is 0.411 e. The fourth-order valence-corrected chi connectivity index (χ4v) is 10.1. The van der Waals surface area contributed by atoms with Crippen molar-refractivity contribution in [2.24, 2.45) is 17.8 Å². The molecule has 1 aromatic carbocycles. The lowest BCUT2D eigenvalue weighted by Crippen LogP contribution is -2.66. The van der Waals surface area contributed by atoms with Crippen LogP contribution in [0.25, 0.3) is 16.7 Å². The summed E-state index contributed by atoms with van der Waals surface area (Å²) in [7, 11) is -4.14. The summed E-state index contributed by atoms with van der Waals surface area (Å²) in [6, 6.07) is 1.58. The van der Waals surface area contributed by atoms with E-state index in [1.807, 2.05) is 13.0 Å². The zero-order valence-electron chi connectivity index (χ0n) is 33.8. The fourth-order valence-electron chi connectivity index (χ4n) is 8.63. The number of aromatic nitrogens is 3. The van der Waals surface area contributed by atoms with E-state index in [9.17, 15) is 41.1 Å². The van der Waals surface area contributed by atoms with Crippen molar-refractivity contribution in [2.45, 2.75) is 126 Å². The van der Waals surface area contributed by atoms with Gasteiger partial charge in [0.05, 0.1) is 22.2 Å². The van der Waals surface area contributed by atoms with Crippen LogP contribution < -0.4 is 14.8 Å². The van der Waals surface area contributed by atoms with Crippen LogP contribution in [0.3, 0.4) is 0 Å². The van der Waals surface area contributed by atoms with Crippen LogP contribution in [0.5, 0.6) is 5.88 Å². The summed E-state index contributed by atoms with van der Waals surface area (Å²) in [6.07, 6.45) is 0.372. The molecule has 4 heterocycles. The average Bonchev–Trinajstić information content (AvgIpc) is 3.95. The van der Waals surface area contributed by atoms with Gasteiger partial charge in [-0.2, -0.15) is 18.2 Å². The van der Waals surface area contributed by atoms with E-state index in [1.54, 1.807) is 41.8 Å². The predicted octanol–water partition coefficient (Wildman–Crippen LogP) is 5.85. The molecule has 20 heteroatoms. The van der Waals surface area contributed by atoms with E-state index in [1.165, 1.54) is 13.1 Å². The van der Waals surface area contributed by atoms with Gasteiger partial charge in [0, 0.05) is 29.8 Å². The van der Waals surface area contributed by atoms with Gasteiger partial charge in [0.15, 0.2) is 0 Å². The molecule has 0 unspecified atom stereocenters. The zero-order valence-corrected chi connectivity index (χ0v) is 35.4. The van der Waals surface area contributed by atoms with E-state index in [0.29, 0.717) is 55.5 Å². The molecule has 1 saturated heterocycles. The molecule has 60 heavy (non-hydrogen) atoms. The number of carbonyl (C=O) groups excluding carboxylic acids is 3. The number of imidazole rings is 1. The average molecular weight is 880 g/mol. The van der Waals surface area contributed by atoms with E-state index < -0.39 is 92.4 Å². The highest BCUT2D eigenvalue weighted by atomic mass is 35.5. The Morgan fingerprint density at radius 3 is 2.55 bits per heavy atom. The molecule has 3 aromatic rings. The van der Waals surface area contributed by atoms with Crippen molar-refractivity contribution in [3.8, 4) is 5.88 Å². The van der Waals surface area contributed by atoms with Crippen molar-refractivity contribution < 1.29 is 50.6 Å². The van der Waals surface area contributed by atoms with Crippen LogP contribution in [-0.2, 0) is 24.4 Å². The van der Waals surface area contributed by atoms with E-state index in [0.717, 1.165) is 4.90 Å². The summed E-state index contributed by atoms with van der Waals surface area (Å²) >= 11 is 6.38. The number of rotatable bonds is 8. The number of benzene rings is 1. The first-order valence-electron chi connectivity index (χ1n) is 20.1. The first kappa shape index (κ1) is 43.4. The smallest absolute Gasteiger partial charge is 0.411 e. The number of carboxylic acid groups (broad SMARTS) is 1. The maximum absolute atomic E-state index is 15.2. The van der Waals surface area contributed by atoms with Crippen molar-refractivity contribution in [1.29, 1.82) is 0 Å². The molecular formula is C40H49ClF3N7O8S. The Bertz CT molecular complexity index is 2370. The number of carbonyl (C=O) groups is 4. The third kappa shape index (κ3) is 7.75. The number of fused-ring (bicyclic) bond motifs is 5. The number of nitrogens with one attached hydrogen (secondary N) is 2. The summed E-state index contributed by atoms with van der Waals surface area (Å²) in [4.78, 5) is 67.0. The summed E-state index contributed by atoms with van der Waals surface area (Å²) in [6.45, 7) is 6.06. The lowest BCUT2D eigenvalue weighted by atomic mass is 9.82. The second kappa shape index (κ2) is 15.4. The molecule has 0 spiro atoms. The molecular weight excluding hydrogens is 831 g/mol. The Kier molecular flexibility index (Phi) is 11.1. The number of hydrogen-bond donors (Lipinski definition) is 3. The second-order valence-corrected chi connectivity index (χ2v) is 20.1. The van der Waals surface area contributed by atoms with E-state index in [-0.39, 0.29) is 48.2 Å². The molecule has 2 saturated carbocycles. The molecule has 2 aromatic heterocycles. The van der Waals surface area contributed by atoms with Crippen LogP contribution in [0.15, 0.2) is 42.7 Å². The third-order valence-corrected chi connectivity index (χ3v) is 15.3. The Labute approximate surface area is 350 Å². The summed E-state index contributed by atoms with van der Waals surface area (Å²) in [5.41, 5.74) is -4.17. The van der Waals surface area contributed by atoms with Crippen LogP contribution in [0.2, 0.25) is 5.02 Å². The van der Waals surface area contributed by atoms with Gasteiger partial charge in [-0.1, -0.05) is 44.0 Å². The first-order chi connectivity index (χ1) is 28.0. The van der Waals surface area contributed by atoms with Crippen LogP contribution in [0.1, 0.15) is 86.0 Å². The minimum absolute atomic E-state index is 0.0380. The minimum atomic E-state index is -5.11. The normalized spacial score (nSPS) is 29.1. The van der Waals surface area contributed by atoms with Crippen LogP contribution in [0.4, 0.5) is 18.0 Å². The maximum atomic E-state index is 15.2. The molecule has 15 nitrogen and oxygen atoms in total. The number of ether oxygens (including phenoxy) is 1. The van der Waals surface area contributed by atoms with E-state index in [4.69, 9.17) is 16.3 Å². The lowest BCUT2D eigenvalue weighted by Gasteiger charge is -2.46. The Hall–Kier alpha value is -4.65. The van der Waals surface area contributed by atoms with Gasteiger partial charge in [-0.25, -0.2) is 18.2 Å². The molecule has 7 atom stereocenters. The van der Waals surface area contributed by atoms with Crippen LogP contribution in [-0.4, -0.2) is 108 Å². The fraction of sp³-hybridized carbons (Fsp3) is 0.600. The number of nitrogens with zero attached hydrogens (tertiary/aromatic N) is 5. The molecule has 2 aliphatic heterocycles. The van der Waals surface area contributed by atoms with Gasteiger partial charge in [-0.15, -0.1) is 0 Å². The first-order valence-corrected chi connectivity index (χ1v) is 21.9. The largest absolute Gasteiger partial charge is 0.472 e. The number of amides is 4. The van der Waals surface area contributed by atoms with Crippen molar-refractivity contribution >= 4 is 62.1 Å². The molecule has 0 bridgehead atoms. The van der Waals surface area contributed by atoms with Gasteiger partial charge in [-0.05, 0) is 89.3 Å². The predicted molar refractivity (Wildman–Crippen MR) is 213 cm³/mol. The number of sulfonamides is 1. The molecule has 3 fully saturated rings. The standard InChI is InChI=1S/C40H49ClF3N7O8S/c1-6-23-17-22(2)9-7-8-10-24-20-39(24,34(54)48-60(57,58)38(5)13-14-38)47-31(52)29-19-26(21-50(29)33(53)30(23)51(36(55)56)37(3,4)40(42,43)44)59-32-27-18-25(41)11-12-28(27)49-16-15-45-35(49)46-32/h8,10-12,15-16,18,22-24,26,29-30H,6-7,9,13-14,17,19-21H2,1-5H3,(H,47,52)(H,48,54)(H,55,56)/b10-8-/t22-,23-,24-,26-,29+,30+,39-/m1/s1. The van der Waals surface area contributed by atoms with Gasteiger partial charge < -0.3 is 20.1 Å². The SMILES string of the molecule is CC[C@@H]1C[C@H](C)CC/C=C\[C@@H]2C[C@@]2(C(=O)NS(=O)(=O)C2(C)CC2)NC(=O)[C@@H]2C[C@@H](Oc3nc4nccn4c4ccc(Cl)cc34)CN2C(=O)[C@H]1N(C(=O)O)C(C)(C)C(F)(F)F. The Balaban J connectivity index is 1.32. The quantitative estimate of drug-likeness (QED) is 0.231. The molecule has 2 aliphatic carbocycles. The number of allylic oxidation sites excluding steroid dienone is 1. The topological polar surface area (TPSA) is 193 Å². The van der Waals surface area contributed by atoms with Gasteiger partial charge in [-0.3, -0.25) is 28.4 Å². The van der Waals surface area contributed by atoms with Gasteiger partial charge in [0.1, 0.15) is 29.3 Å². The van der Waals surface area contributed by atoms with Crippen LogP contribution >= 0.6 is 11.6 Å².